The van der Waals surface area contributed by atoms with Crippen molar-refractivity contribution in [1.82, 2.24) is 0 Å². The van der Waals surface area contributed by atoms with Crippen molar-refractivity contribution in [3.8, 4) is 22.3 Å². The number of fused-ring (bicyclic) bond motifs is 7. The lowest BCUT2D eigenvalue weighted by Gasteiger charge is -2.25. The van der Waals surface area contributed by atoms with E-state index in [0.717, 1.165) is 12.8 Å². The van der Waals surface area contributed by atoms with Gasteiger partial charge in [0.15, 0.2) is 0 Å². The van der Waals surface area contributed by atoms with Crippen LogP contribution in [-0.2, 0) is 0 Å². The smallest absolute Gasteiger partial charge is 0.00990 e. The quantitative estimate of drug-likeness (QED) is 0.439. The van der Waals surface area contributed by atoms with Crippen molar-refractivity contribution in [1.29, 1.82) is 0 Å². The fraction of sp³-hybridized carbons (Fsp3) is 0.0833. The van der Waals surface area contributed by atoms with E-state index in [0.29, 0.717) is 0 Å². The highest BCUT2D eigenvalue weighted by atomic mass is 14.3. The van der Waals surface area contributed by atoms with Gasteiger partial charge in [-0.2, -0.15) is 0 Å². The van der Waals surface area contributed by atoms with Crippen LogP contribution in [0.3, 0.4) is 0 Å². The van der Waals surface area contributed by atoms with Gasteiger partial charge < -0.3 is 0 Å². The molecule has 0 radical (unpaired) electrons. The molecule has 0 aliphatic heterocycles. The van der Waals surface area contributed by atoms with Crippen LogP contribution in [0, 0.1) is 0 Å². The van der Waals surface area contributed by atoms with E-state index >= 15 is 0 Å². The second kappa shape index (κ2) is 5.35. The van der Waals surface area contributed by atoms with Crippen molar-refractivity contribution in [3.63, 3.8) is 0 Å². The molecule has 0 amide bonds. The summed E-state index contributed by atoms with van der Waals surface area (Å²) in [4.78, 5) is 0. The highest BCUT2D eigenvalue weighted by Gasteiger charge is 2.22. The molecule has 2 aliphatic rings. The zero-order chi connectivity index (χ0) is 15.9. The first kappa shape index (κ1) is 13.6. The third-order valence-corrected chi connectivity index (χ3v) is 5.15. The fourth-order valence-electron chi connectivity index (χ4n) is 4.08. The minimum absolute atomic E-state index is 1.11. The van der Waals surface area contributed by atoms with Crippen molar-refractivity contribution in [3.05, 3.63) is 96.1 Å². The topological polar surface area (TPSA) is 0 Å². The van der Waals surface area contributed by atoms with Crippen LogP contribution in [0.15, 0.2) is 84.9 Å². The molecule has 0 bridgehead atoms. The van der Waals surface area contributed by atoms with Crippen LogP contribution >= 0.6 is 0 Å². The molecule has 3 aromatic rings. The van der Waals surface area contributed by atoms with Gasteiger partial charge in [-0.3, -0.25) is 0 Å². The molecule has 0 fully saturated rings. The average Bonchev–Trinajstić information content (AvgIpc) is 2.67. The number of benzene rings is 3. The Kier molecular flexibility index (Phi) is 3.02. The molecule has 2 aliphatic carbocycles. The molecule has 5 rings (SSSR count). The maximum absolute atomic E-state index is 2.32. The van der Waals surface area contributed by atoms with Gasteiger partial charge in [0.1, 0.15) is 0 Å². The summed E-state index contributed by atoms with van der Waals surface area (Å²) in [5, 5.41) is 0. The van der Waals surface area contributed by atoms with Gasteiger partial charge in [-0.05, 0) is 57.4 Å². The molecule has 0 nitrogen and oxygen atoms in total. The zero-order valence-corrected chi connectivity index (χ0v) is 13.5. The number of hydrogen-bond donors (Lipinski definition) is 0. The minimum Gasteiger partial charge on any atom is -0.0836 e. The van der Waals surface area contributed by atoms with Gasteiger partial charge in [0.25, 0.3) is 0 Å². The molecule has 0 unspecified atom stereocenters. The van der Waals surface area contributed by atoms with Gasteiger partial charge in [0.05, 0.1) is 0 Å². The molecule has 0 atom stereocenters. The van der Waals surface area contributed by atoms with Gasteiger partial charge in [0.2, 0.25) is 0 Å². The third kappa shape index (κ3) is 1.93. The first-order valence-electron chi connectivity index (χ1n) is 8.62. The second-order valence-corrected chi connectivity index (χ2v) is 6.47. The Balaban J connectivity index is 1.98. The van der Waals surface area contributed by atoms with E-state index in [9.17, 15) is 0 Å². The van der Waals surface area contributed by atoms with Gasteiger partial charge in [0, 0.05) is 0 Å². The molecule has 3 aromatic carbocycles. The number of rotatable bonds is 0. The maximum atomic E-state index is 2.32. The third-order valence-electron chi connectivity index (χ3n) is 5.15. The predicted octanol–water partition coefficient (Wildman–Crippen LogP) is 6.59. The maximum Gasteiger partial charge on any atom is -0.00990 e. The van der Waals surface area contributed by atoms with E-state index in [2.05, 4.69) is 84.9 Å². The average molecular weight is 306 g/mol. The lowest BCUT2D eigenvalue weighted by atomic mass is 9.78. The lowest BCUT2D eigenvalue weighted by molar-refractivity contribution is 1.06. The Bertz CT molecular complexity index is 1000. The molecule has 0 saturated heterocycles. The number of allylic oxidation sites excluding steroid dienone is 4. The Morgan fingerprint density at radius 3 is 1.58 bits per heavy atom. The molecular formula is C24H18. The van der Waals surface area contributed by atoms with E-state index in [1.807, 2.05) is 0 Å². The van der Waals surface area contributed by atoms with Crippen molar-refractivity contribution >= 4 is 11.1 Å². The first-order chi connectivity index (χ1) is 11.9. The summed E-state index contributed by atoms with van der Waals surface area (Å²) in [6, 6.07) is 26.5. The molecule has 0 heteroatoms. The van der Waals surface area contributed by atoms with Crippen LogP contribution in [0.2, 0.25) is 0 Å². The Labute approximate surface area is 142 Å². The minimum atomic E-state index is 1.11. The lowest BCUT2D eigenvalue weighted by Crippen LogP contribution is -2.02. The summed E-state index contributed by atoms with van der Waals surface area (Å²) in [6.07, 6.45) is 6.87. The summed E-state index contributed by atoms with van der Waals surface area (Å²) >= 11 is 0. The number of hydrogen-bond acceptors (Lipinski definition) is 0. The van der Waals surface area contributed by atoms with Crippen LogP contribution in [0.4, 0.5) is 0 Å². The van der Waals surface area contributed by atoms with Gasteiger partial charge >= 0.3 is 0 Å². The molecule has 114 valence electrons. The molecule has 0 N–H and O–H groups in total. The molecule has 24 heavy (non-hydrogen) atoms. The summed E-state index contributed by atoms with van der Waals surface area (Å²) in [5.41, 5.74) is 11.0. The normalized spacial score (nSPS) is 14.8. The summed E-state index contributed by atoms with van der Waals surface area (Å²) < 4.78 is 0. The van der Waals surface area contributed by atoms with Crippen LogP contribution in [0.5, 0.6) is 0 Å². The van der Waals surface area contributed by atoms with Gasteiger partial charge in [-0.1, -0.05) is 84.9 Å². The van der Waals surface area contributed by atoms with Crippen LogP contribution in [0.25, 0.3) is 33.4 Å². The molecular weight excluding hydrogens is 288 g/mol. The highest BCUT2D eigenvalue weighted by molar-refractivity contribution is 6.06. The van der Waals surface area contributed by atoms with E-state index in [1.54, 1.807) is 0 Å². The summed E-state index contributed by atoms with van der Waals surface area (Å²) in [6.45, 7) is 0. The zero-order valence-electron chi connectivity index (χ0n) is 13.5. The highest BCUT2D eigenvalue weighted by Crippen LogP contribution is 2.46. The van der Waals surface area contributed by atoms with E-state index in [4.69, 9.17) is 0 Å². The van der Waals surface area contributed by atoms with Crippen molar-refractivity contribution < 1.29 is 0 Å². The van der Waals surface area contributed by atoms with E-state index in [-0.39, 0.29) is 0 Å². The standard InChI is InChI=1S/C24H18/c1-2-10-18-17(9-1)19-11-3-4-13-21(19)23-15-7-8-16-24(23)22-14-6-5-12-20(18)22/h1-7,9-15H,8,16H2. The molecule has 0 heterocycles. The largest absolute Gasteiger partial charge is 0.0836 e. The van der Waals surface area contributed by atoms with E-state index in [1.165, 1.54) is 44.5 Å². The first-order valence-corrected chi connectivity index (χ1v) is 8.62. The molecule has 0 aromatic heterocycles. The van der Waals surface area contributed by atoms with Crippen LogP contribution in [0.1, 0.15) is 24.0 Å². The van der Waals surface area contributed by atoms with Crippen LogP contribution < -0.4 is 0 Å². The Morgan fingerprint density at radius 1 is 0.500 bits per heavy atom. The monoisotopic (exact) mass is 306 g/mol. The Morgan fingerprint density at radius 2 is 0.958 bits per heavy atom. The van der Waals surface area contributed by atoms with Crippen molar-refractivity contribution in [2.24, 2.45) is 0 Å². The fourth-order valence-corrected chi connectivity index (χ4v) is 4.08. The SMILES string of the molecule is C1=CC2=C(CC1)c1ccccc1-c1ccccc1-c1ccccc12. The predicted molar refractivity (Wildman–Crippen MR) is 103 cm³/mol. The van der Waals surface area contributed by atoms with Crippen molar-refractivity contribution in [2.75, 3.05) is 0 Å². The summed E-state index contributed by atoms with van der Waals surface area (Å²) in [7, 11) is 0. The van der Waals surface area contributed by atoms with E-state index < -0.39 is 0 Å². The van der Waals surface area contributed by atoms with Crippen molar-refractivity contribution in [2.45, 2.75) is 12.8 Å². The van der Waals surface area contributed by atoms with Gasteiger partial charge in [-0.15, -0.1) is 0 Å². The Hall–Kier alpha value is -2.86. The van der Waals surface area contributed by atoms with Gasteiger partial charge in [-0.25, -0.2) is 0 Å². The van der Waals surface area contributed by atoms with Crippen LogP contribution in [-0.4, -0.2) is 0 Å². The second-order valence-electron chi connectivity index (χ2n) is 6.47. The summed E-state index contributed by atoms with van der Waals surface area (Å²) in [5.74, 6) is 0. The molecule has 0 spiro atoms. The molecule has 0 saturated carbocycles.